The largest absolute Gasteiger partial charge is 0.478 e. The van der Waals surface area contributed by atoms with E-state index in [9.17, 15) is 27.6 Å². The predicted octanol–water partition coefficient (Wildman–Crippen LogP) is 2.49. The number of urea groups is 1. The molecule has 0 aliphatic rings. The van der Waals surface area contributed by atoms with Gasteiger partial charge in [0.2, 0.25) is 6.41 Å². The molecule has 0 aliphatic heterocycles. The first-order valence-corrected chi connectivity index (χ1v) is 6.18. The summed E-state index contributed by atoms with van der Waals surface area (Å²) in [5.74, 6) is -1.43. The topological polar surface area (TPSA) is 86.7 Å². The predicted molar refractivity (Wildman–Crippen MR) is 70.6 cm³/mol. The van der Waals surface area contributed by atoms with Crippen molar-refractivity contribution in [2.75, 3.05) is 11.4 Å². The quantitative estimate of drug-likeness (QED) is 0.817. The van der Waals surface area contributed by atoms with Gasteiger partial charge in [0.05, 0.1) is 16.8 Å². The number of hydrogen-bond acceptors (Lipinski definition) is 3. The minimum absolute atomic E-state index is 0.0410. The van der Waals surface area contributed by atoms with Gasteiger partial charge in [0.15, 0.2) is 0 Å². The second-order valence-electron chi connectivity index (χ2n) is 4.25. The second kappa shape index (κ2) is 6.92. The molecule has 2 N–H and O–H groups in total. The number of carboxylic acids is 1. The van der Waals surface area contributed by atoms with Gasteiger partial charge in [-0.2, -0.15) is 13.2 Å². The first-order valence-electron chi connectivity index (χ1n) is 6.18. The average molecular weight is 318 g/mol. The summed E-state index contributed by atoms with van der Waals surface area (Å²) in [6.07, 6.45) is -4.43. The van der Waals surface area contributed by atoms with Crippen LogP contribution in [0.5, 0.6) is 0 Å². The van der Waals surface area contributed by atoms with Crippen molar-refractivity contribution in [3.8, 4) is 0 Å². The summed E-state index contributed by atoms with van der Waals surface area (Å²) in [6.45, 7) is 1.50. The maximum atomic E-state index is 13.1. The van der Waals surface area contributed by atoms with Crippen molar-refractivity contribution in [2.24, 2.45) is 0 Å². The van der Waals surface area contributed by atoms with Crippen molar-refractivity contribution in [3.63, 3.8) is 0 Å². The van der Waals surface area contributed by atoms with E-state index in [0.29, 0.717) is 17.4 Å². The van der Waals surface area contributed by atoms with E-state index in [1.165, 1.54) is 0 Å². The number of amides is 3. The van der Waals surface area contributed by atoms with Crippen LogP contribution in [0.2, 0.25) is 0 Å². The van der Waals surface area contributed by atoms with Crippen molar-refractivity contribution in [3.05, 3.63) is 29.3 Å². The van der Waals surface area contributed by atoms with Crippen LogP contribution < -0.4 is 10.2 Å². The summed E-state index contributed by atoms with van der Waals surface area (Å²) < 4.78 is 39.2. The Balaban J connectivity index is 3.48. The summed E-state index contributed by atoms with van der Waals surface area (Å²) in [5.41, 5.74) is -2.18. The van der Waals surface area contributed by atoms with Gasteiger partial charge in [-0.25, -0.2) is 9.59 Å². The standard InChI is InChI=1S/C13H13F3N2O4/c1-2-5-18(12(22)17-7-19)10-6-8(11(20)21)3-4-9(10)13(14,15)16/h3-4,6-7H,2,5H2,1H3,(H,20,21)(H,17,19,22). The molecule has 3 amide bonds. The molecule has 0 bridgehead atoms. The number of halogens is 3. The number of carbonyl (C=O) groups excluding carboxylic acids is 2. The molecule has 0 spiro atoms. The molecular weight excluding hydrogens is 305 g/mol. The molecule has 1 rings (SSSR count). The highest BCUT2D eigenvalue weighted by Gasteiger charge is 2.36. The highest BCUT2D eigenvalue weighted by molar-refractivity contribution is 5.99. The Hall–Kier alpha value is -2.58. The number of imide groups is 1. The average Bonchev–Trinajstić information content (AvgIpc) is 2.43. The van der Waals surface area contributed by atoms with Crippen molar-refractivity contribution in [1.82, 2.24) is 5.32 Å². The molecule has 6 nitrogen and oxygen atoms in total. The number of carbonyl (C=O) groups is 3. The number of nitrogens with one attached hydrogen (secondary N) is 1. The van der Waals surface area contributed by atoms with Gasteiger partial charge in [0, 0.05) is 6.54 Å². The number of aromatic carboxylic acids is 1. The molecule has 1 aromatic carbocycles. The first kappa shape index (κ1) is 17.5. The third-order valence-corrected chi connectivity index (χ3v) is 2.72. The second-order valence-corrected chi connectivity index (χ2v) is 4.25. The first-order chi connectivity index (χ1) is 10.2. The summed E-state index contributed by atoms with van der Waals surface area (Å²) in [7, 11) is 0. The molecule has 0 saturated carbocycles. The van der Waals surface area contributed by atoms with Crippen LogP contribution in [-0.4, -0.2) is 30.1 Å². The molecule has 0 atom stereocenters. The van der Waals surface area contributed by atoms with Crippen molar-refractivity contribution >= 4 is 24.1 Å². The summed E-state index contributed by atoms with van der Waals surface area (Å²) in [4.78, 5) is 33.7. The molecule has 120 valence electrons. The van der Waals surface area contributed by atoms with Crippen LogP contribution in [0.3, 0.4) is 0 Å². The monoisotopic (exact) mass is 318 g/mol. The number of nitrogens with zero attached hydrogens (tertiary/aromatic N) is 1. The number of alkyl halides is 3. The van der Waals surface area contributed by atoms with E-state index < -0.39 is 35.0 Å². The lowest BCUT2D eigenvalue weighted by Gasteiger charge is -2.25. The van der Waals surface area contributed by atoms with E-state index in [2.05, 4.69) is 0 Å². The zero-order chi connectivity index (χ0) is 16.9. The highest BCUT2D eigenvalue weighted by Crippen LogP contribution is 2.37. The lowest BCUT2D eigenvalue weighted by atomic mass is 10.1. The van der Waals surface area contributed by atoms with Crippen LogP contribution in [0.4, 0.5) is 23.7 Å². The molecule has 0 aromatic heterocycles. The van der Waals surface area contributed by atoms with Gasteiger partial charge in [-0.3, -0.25) is 15.0 Å². The van der Waals surface area contributed by atoms with E-state index in [0.717, 1.165) is 12.1 Å². The van der Waals surface area contributed by atoms with Crippen LogP contribution in [0.1, 0.15) is 29.3 Å². The van der Waals surface area contributed by atoms with Crippen LogP contribution >= 0.6 is 0 Å². The van der Waals surface area contributed by atoms with Gasteiger partial charge in [-0.15, -0.1) is 0 Å². The van der Waals surface area contributed by atoms with Gasteiger partial charge in [0.1, 0.15) is 0 Å². The molecule has 22 heavy (non-hydrogen) atoms. The Morgan fingerprint density at radius 2 is 2.00 bits per heavy atom. The Bertz CT molecular complexity index is 587. The van der Waals surface area contributed by atoms with E-state index in [-0.39, 0.29) is 13.0 Å². The fourth-order valence-electron chi connectivity index (χ4n) is 1.81. The number of anilines is 1. The van der Waals surface area contributed by atoms with Gasteiger partial charge >= 0.3 is 18.2 Å². The van der Waals surface area contributed by atoms with Crippen LogP contribution in [0, 0.1) is 0 Å². The maximum absolute atomic E-state index is 13.1. The number of carboxylic acid groups (broad SMARTS) is 1. The molecule has 0 fully saturated rings. The molecule has 0 aliphatic carbocycles. The summed E-state index contributed by atoms with van der Waals surface area (Å²) in [5, 5.41) is 10.6. The highest BCUT2D eigenvalue weighted by atomic mass is 19.4. The SMILES string of the molecule is CCCN(C(=O)NC=O)c1cc(C(=O)O)ccc1C(F)(F)F. The molecule has 0 unspecified atom stereocenters. The fourth-order valence-corrected chi connectivity index (χ4v) is 1.81. The number of hydrogen-bond donors (Lipinski definition) is 2. The van der Waals surface area contributed by atoms with E-state index in [1.807, 2.05) is 0 Å². The Kier molecular flexibility index (Phi) is 5.50. The van der Waals surface area contributed by atoms with Crippen molar-refractivity contribution in [1.29, 1.82) is 0 Å². The Labute approximate surface area is 123 Å². The van der Waals surface area contributed by atoms with Crippen LogP contribution in [0.15, 0.2) is 18.2 Å². The zero-order valence-corrected chi connectivity index (χ0v) is 11.5. The normalized spacial score (nSPS) is 10.9. The van der Waals surface area contributed by atoms with Crippen LogP contribution in [-0.2, 0) is 11.0 Å². The maximum Gasteiger partial charge on any atom is 0.418 e. The summed E-state index contributed by atoms with van der Waals surface area (Å²) in [6, 6.07) is 1.09. The van der Waals surface area contributed by atoms with Gasteiger partial charge in [0.25, 0.3) is 0 Å². The van der Waals surface area contributed by atoms with E-state index in [1.54, 1.807) is 12.2 Å². The Morgan fingerprint density at radius 1 is 1.36 bits per heavy atom. The number of benzene rings is 1. The van der Waals surface area contributed by atoms with Crippen molar-refractivity contribution < 1.29 is 32.7 Å². The Morgan fingerprint density at radius 3 is 2.45 bits per heavy atom. The van der Waals surface area contributed by atoms with E-state index in [4.69, 9.17) is 5.11 Å². The number of rotatable bonds is 5. The van der Waals surface area contributed by atoms with Gasteiger partial charge < -0.3 is 5.11 Å². The fraction of sp³-hybridized carbons (Fsp3) is 0.308. The smallest absolute Gasteiger partial charge is 0.418 e. The minimum atomic E-state index is -4.78. The zero-order valence-electron chi connectivity index (χ0n) is 11.5. The summed E-state index contributed by atoms with van der Waals surface area (Å²) >= 11 is 0. The lowest BCUT2D eigenvalue weighted by molar-refractivity contribution is -0.137. The molecule has 1 aromatic rings. The molecule has 0 radical (unpaired) electrons. The van der Waals surface area contributed by atoms with Crippen LogP contribution in [0.25, 0.3) is 0 Å². The molecule has 0 heterocycles. The molecule has 9 heteroatoms. The molecular formula is C13H13F3N2O4. The van der Waals surface area contributed by atoms with E-state index >= 15 is 0 Å². The third-order valence-electron chi connectivity index (χ3n) is 2.72. The van der Waals surface area contributed by atoms with Crippen molar-refractivity contribution in [2.45, 2.75) is 19.5 Å². The van der Waals surface area contributed by atoms with Gasteiger partial charge in [-0.1, -0.05) is 6.92 Å². The lowest BCUT2D eigenvalue weighted by Crippen LogP contribution is -2.41. The third kappa shape index (κ3) is 3.96. The molecule has 0 saturated heterocycles. The van der Waals surface area contributed by atoms with Gasteiger partial charge in [-0.05, 0) is 24.6 Å². The minimum Gasteiger partial charge on any atom is -0.478 e.